The molecular formula is C11H9Cl2N3O. The van der Waals surface area contributed by atoms with Gasteiger partial charge in [0.2, 0.25) is 5.91 Å². The van der Waals surface area contributed by atoms with E-state index < -0.39 is 11.9 Å². The Labute approximate surface area is 108 Å². The van der Waals surface area contributed by atoms with Gasteiger partial charge in [-0.2, -0.15) is 0 Å². The summed E-state index contributed by atoms with van der Waals surface area (Å²) in [5, 5.41) is 3.85. The molecule has 1 amide bonds. The Bertz CT molecular complexity index is 525. The Hall–Kier alpha value is -1.52. The number of hydrogen-bond acceptors (Lipinski definition) is 3. The molecule has 0 saturated heterocycles. The number of amides is 1. The van der Waals surface area contributed by atoms with Gasteiger partial charge in [0.05, 0.1) is 16.4 Å². The second-order valence-corrected chi connectivity index (χ2v) is 4.29. The van der Waals surface area contributed by atoms with Gasteiger partial charge in [-0.3, -0.25) is 9.79 Å². The molecule has 1 aliphatic heterocycles. The molecule has 0 aliphatic carbocycles. The average Bonchev–Trinajstić information content (AvgIpc) is 2.33. The van der Waals surface area contributed by atoms with Crippen LogP contribution in [0, 0.1) is 0 Å². The van der Waals surface area contributed by atoms with E-state index in [0.717, 1.165) is 11.3 Å². The molecule has 4 nitrogen and oxygen atoms in total. The van der Waals surface area contributed by atoms with Crippen LogP contribution in [0.1, 0.15) is 5.56 Å². The van der Waals surface area contributed by atoms with Gasteiger partial charge in [-0.1, -0.05) is 29.3 Å². The smallest absolute Gasteiger partial charge is 0.246 e. The summed E-state index contributed by atoms with van der Waals surface area (Å²) in [4.78, 5) is 14.9. The lowest BCUT2D eigenvalue weighted by molar-refractivity contribution is -0.118. The van der Waals surface area contributed by atoms with Gasteiger partial charge in [-0.25, -0.2) is 0 Å². The molecule has 1 aromatic rings. The van der Waals surface area contributed by atoms with Gasteiger partial charge in [0.15, 0.2) is 6.04 Å². The Morgan fingerprint density at radius 2 is 2.12 bits per heavy atom. The maximum Gasteiger partial charge on any atom is 0.246 e. The summed E-state index contributed by atoms with van der Waals surface area (Å²) in [7, 11) is 0. The molecule has 0 radical (unpaired) electrons. The summed E-state index contributed by atoms with van der Waals surface area (Å²) in [5.41, 5.74) is 6.73. The van der Waals surface area contributed by atoms with Crippen LogP contribution in [0.5, 0.6) is 0 Å². The van der Waals surface area contributed by atoms with E-state index in [1.54, 1.807) is 24.3 Å². The summed E-state index contributed by atoms with van der Waals surface area (Å²) in [6.07, 6.45) is 3.08. The molecule has 1 aliphatic rings. The SMILES string of the molecule is NC(=O)C1C=C(c2ccc(Cl)c(Cl)c2)NC=N1. The molecule has 1 atom stereocenters. The predicted molar refractivity (Wildman–Crippen MR) is 69.0 cm³/mol. The minimum atomic E-state index is -0.652. The van der Waals surface area contributed by atoms with Crippen molar-refractivity contribution in [1.29, 1.82) is 0 Å². The van der Waals surface area contributed by atoms with Gasteiger partial charge in [-0.15, -0.1) is 0 Å². The van der Waals surface area contributed by atoms with Crippen LogP contribution in [0.15, 0.2) is 29.3 Å². The number of primary amides is 1. The van der Waals surface area contributed by atoms with Crippen LogP contribution in [-0.2, 0) is 4.79 Å². The third-order valence-corrected chi connectivity index (χ3v) is 3.04. The third kappa shape index (κ3) is 2.60. The van der Waals surface area contributed by atoms with Gasteiger partial charge in [-0.05, 0) is 23.8 Å². The summed E-state index contributed by atoms with van der Waals surface area (Å²) in [5.74, 6) is -0.500. The van der Waals surface area contributed by atoms with E-state index in [0.29, 0.717) is 10.0 Å². The first kappa shape index (κ1) is 12.0. The largest absolute Gasteiger partial charge is 0.368 e. The molecule has 88 valence electrons. The highest BCUT2D eigenvalue weighted by atomic mass is 35.5. The zero-order chi connectivity index (χ0) is 12.4. The monoisotopic (exact) mass is 269 g/mol. The zero-order valence-electron chi connectivity index (χ0n) is 8.65. The normalized spacial score (nSPS) is 18.5. The topological polar surface area (TPSA) is 67.5 Å². The molecule has 2 rings (SSSR count). The lowest BCUT2D eigenvalue weighted by Gasteiger charge is -2.15. The zero-order valence-corrected chi connectivity index (χ0v) is 10.2. The fourth-order valence-electron chi connectivity index (χ4n) is 1.43. The number of benzene rings is 1. The van der Waals surface area contributed by atoms with Crippen molar-refractivity contribution in [2.75, 3.05) is 0 Å². The Morgan fingerprint density at radius 1 is 1.35 bits per heavy atom. The van der Waals surface area contributed by atoms with E-state index in [-0.39, 0.29) is 0 Å². The number of nitrogens with zero attached hydrogens (tertiary/aromatic N) is 1. The van der Waals surface area contributed by atoms with Crippen LogP contribution in [-0.4, -0.2) is 18.3 Å². The van der Waals surface area contributed by atoms with E-state index in [9.17, 15) is 4.79 Å². The van der Waals surface area contributed by atoms with E-state index in [4.69, 9.17) is 28.9 Å². The van der Waals surface area contributed by atoms with E-state index in [1.807, 2.05) is 0 Å². The van der Waals surface area contributed by atoms with Crippen molar-refractivity contribution in [2.45, 2.75) is 6.04 Å². The molecule has 0 saturated carbocycles. The predicted octanol–water partition coefficient (Wildman–Crippen LogP) is 1.82. The van der Waals surface area contributed by atoms with Crippen molar-refractivity contribution >= 4 is 41.1 Å². The Morgan fingerprint density at radius 3 is 2.76 bits per heavy atom. The van der Waals surface area contributed by atoms with Crippen LogP contribution in [0.3, 0.4) is 0 Å². The fraction of sp³-hybridized carbons (Fsp3) is 0.0909. The average molecular weight is 270 g/mol. The second-order valence-electron chi connectivity index (χ2n) is 3.48. The minimum absolute atomic E-state index is 0.449. The Balaban J connectivity index is 2.34. The second kappa shape index (κ2) is 4.77. The highest BCUT2D eigenvalue weighted by molar-refractivity contribution is 6.42. The molecule has 0 spiro atoms. The number of carbonyl (C=O) groups excluding carboxylic acids is 1. The summed E-state index contributed by atoms with van der Waals surface area (Å²) in [6, 6.07) is 4.54. The van der Waals surface area contributed by atoms with Crippen molar-refractivity contribution in [1.82, 2.24) is 5.32 Å². The maximum absolute atomic E-state index is 11.0. The number of nitrogens with two attached hydrogens (primary N) is 1. The van der Waals surface area contributed by atoms with Gasteiger partial charge >= 0.3 is 0 Å². The van der Waals surface area contributed by atoms with Crippen molar-refractivity contribution < 1.29 is 4.79 Å². The number of rotatable bonds is 2. The summed E-state index contributed by atoms with van der Waals surface area (Å²) < 4.78 is 0. The third-order valence-electron chi connectivity index (χ3n) is 2.30. The molecule has 1 unspecified atom stereocenters. The van der Waals surface area contributed by atoms with Crippen LogP contribution in [0.2, 0.25) is 10.0 Å². The van der Waals surface area contributed by atoms with Crippen LogP contribution in [0.4, 0.5) is 0 Å². The Kier molecular flexibility index (Phi) is 3.36. The quantitative estimate of drug-likeness (QED) is 0.860. The summed E-state index contributed by atoms with van der Waals surface area (Å²) in [6.45, 7) is 0. The van der Waals surface area contributed by atoms with Crippen molar-refractivity contribution in [3.63, 3.8) is 0 Å². The fourth-order valence-corrected chi connectivity index (χ4v) is 1.73. The number of aliphatic imine (C=N–C) groups is 1. The van der Waals surface area contributed by atoms with E-state index in [2.05, 4.69) is 10.3 Å². The van der Waals surface area contributed by atoms with Crippen LogP contribution in [0.25, 0.3) is 5.70 Å². The molecule has 0 aromatic heterocycles. The highest BCUT2D eigenvalue weighted by Gasteiger charge is 2.15. The van der Waals surface area contributed by atoms with Gasteiger partial charge in [0.1, 0.15) is 0 Å². The minimum Gasteiger partial charge on any atom is -0.368 e. The molecular weight excluding hydrogens is 261 g/mol. The summed E-state index contributed by atoms with van der Waals surface area (Å²) >= 11 is 11.7. The van der Waals surface area contributed by atoms with Crippen molar-refractivity contribution in [2.24, 2.45) is 10.7 Å². The number of hydrogen-bond donors (Lipinski definition) is 2. The number of nitrogens with one attached hydrogen (secondary N) is 1. The molecule has 0 bridgehead atoms. The van der Waals surface area contributed by atoms with Crippen molar-refractivity contribution in [3.8, 4) is 0 Å². The first-order valence-electron chi connectivity index (χ1n) is 4.82. The van der Waals surface area contributed by atoms with Crippen LogP contribution >= 0.6 is 23.2 Å². The molecule has 1 aromatic carbocycles. The molecule has 17 heavy (non-hydrogen) atoms. The number of carbonyl (C=O) groups is 1. The molecule has 0 fully saturated rings. The van der Waals surface area contributed by atoms with Gasteiger partial charge < -0.3 is 11.1 Å². The van der Waals surface area contributed by atoms with Crippen LogP contribution < -0.4 is 11.1 Å². The van der Waals surface area contributed by atoms with E-state index >= 15 is 0 Å². The first-order chi connectivity index (χ1) is 8.08. The molecule has 3 N–H and O–H groups in total. The van der Waals surface area contributed by atoms with E-state index in [1.165, 1.54) is 6.34 Å². The maximum atomic E-state index is 11.0. The van der Waals surface area contributed by atoms with Gasteiger partial charge in [0, 0.05) is 5.70 Å². The standard InChI is InChI=1S/C11H9Cl2N3O/c12-7-2-1-6(3-8(7)13)9-4-10(11(14)17)16-5-15-9/h1-5,10H,(H2,14,17)(H,15,16). The highest BCUT2D eigenvalue weighted by Crippen LogP contribution is 2.26. The lowest BCUT2D eigenvalue weighted by atomic mass is 10.1. The lowest BCUT2D eigenvalue weighted by Crippen LogP contribution is -2.30. The molecule has 6 heteroatoms. The molecule has 1 heterocycles. The van der Waals surface area contributed by atoms with Gasteiger partial charge in [0.25, 0.3) is 0 Å². The number of halogens is 2. The van der Waals surface area contributed by atoms with Crippen molar-refractivity contribution in [3.05, 3.63) is 39.9 Å². The first-order valence-corrected chi connectivity index (χ1v) is 5.58.